The second kappa shape index (κ2) is 10.5. The number of rotatable bonds is 5. The van der Waals surface area contributed by atoms with Gasteiger partial charge in [0.2, 0.25) is 0 Å². The fourth-order valence-electron chi connectivity index (χ4n) is 10.2. The molecule has 1 saturated heterocycles. The molecule has 1 amide bonds. The summed E-state index contributed by atoms with van der Waals surface area (Å²) in [6.07, 6.45) is 12.1. The van der Waals surface area contributed by atoms with E-state index in [0.29, 0.717) is 29.2 Å². The van der Waals surface area contributed by atoms with E-state index >= 15 is 0 Å². The summed E-state index contributed by atoms with van der Waals surface area (Å²) in [5.41, 5.74) is 1.82. The average molecular weight is 541 g/mol. The molecule has 1 aromatic rings. The summed E-state index contributed by atoms with van der Waals surface area (Å²) in [4.78, 5) is 26.5. The van der Waals surface area contributed by atoms with E-state index in [2.05, 4.69) is 31.0 Å². The van der Waals surface area contributed by atoms with Crippen LogP contribution in [0.4, 0.5) is 4.79 Å². The van der Waals surface area contributed by atoms with Crippen LogP contribution >= 0.6 is 0 Å². The smallest absolute Gasteiger partial charge is 0.407 e. The first-order valence-corrected chi connectivity index (χ1v) is 15.6. The molecule has 1 aromatic heterocycles. The Balaban J connectivity index is 1.07. The van der Waals surface area contributed by atoms with E-state index in [4.69, 9.17) is 13.9 Å². The van der Waals surface area contributed by atoms with Crippen LogP contribution in [0.5, 0.6) is 0 Å². The Morgan fingerprint density at radius 2 is 1.79 bits per heavy atom. The van der Waals surface area contributed by atoms with Crippen LogP contribution in [0, 0.1) is 34.0 Å². The van der Waals surface area contributed by atoms with Crippen LogP contribution < -0.4 is 10.9 Å². The minimum atomic E-state index is -0.260. The first-order chi connectivity index (χ1) is 18.7. The lowest BCUT2D eigenvalue weighted by atomic mass is 9.40. The molecule has 0 bridgehead atoms. The van der Waals surface area contributed by atoms with Crippen LogP contribution in [0.2, 0.25) is 0 Å². The summed E-state index contributed by atoms with van der Waals surface area (Å²) in [5.74, 6) is 2.57. The maximum atomic E-state index is 12.6. The molecule has 6 rings (SSSR count). The Hall–Kier alpha value is -1.86. The van der Waals surface area contributed by atoms with E-state index in [0.717, 1.165) is 63.9 Å². The van der Waals surface area contributed by atoms with Crippen molar-refractivity contribution in [3.05, 3.63) is 34.4 Å². The predicted octanol–water partition coefficient (Wildman–Crippen LogP) is 5.58. The van der Waals surface area contributed by atoms with Gasteiger partial charge in [-0.2, -0.15) is 0 Å². The average Bonchev–Trinajstić information content (AvgIpc) is 3.21. The summed E-state index contributed by atoms with van der Waals surface area (Å²) < 4.78 is 16.7. The zero-order valence-corrected chi connectivity index (χ0v) is 24.2. The summed E-state index contributed by atoms with van der Waals surface area (Å²) in [7, 11) is 0. The number of alkyl carbamates (subject to hydrolysis) is 1. The van der Waals surface area contributed by atoms with Gasteiger partial charge in [-0.25, -0.2) is 9.59 Å². The summed E-state index contributed by atoms with van der Waals surface area (Å²) in [5, 5.41) is 2.99. The number of amides is 1. The number of nitrogens with zero attached hydrogens (tertiary/aromatic N) is 1. The zero-order valence-electron chi connectivity index (χ0n) is 24.2. The van der Waals surface area contributed by atoms with E-state index in [1.165, 1.54) is 44.1 Å². The summed E-state index contributed by atoms with van der Waals surface area (Å²) in [6.45, 7) is 12.6. The molecule has 4 saturated carbocycles. The van der Waals surface area contributed by atoms with Gasteiger partial charge in [-0.05, 0) is 109 Å². The van der Waals surface area contributed by atoms with E-state index in [1.807, 2.05) is 6.07 Å². The minimum Gasteiger partial charge on any atom is -0.446 e. The van der Waals surface area contributed by atoms with Crippen molar-refractivity contribution in [3.8, 4) is 0 Å². The number of nitrogens with one attached hydrogen (secondary N) is 1. The molecule has 0 radical (unpaired) electrons. The van der Waals surface area contributed by atoms with Crippen molar-refractivity contribution >= 4 is 6.09 Å². The van der Waals surface area contributed by atoms with Crippen molar-refractivity contribution in [2.45, 2.75) is 90.6 Å². The second-order valence-electron chi connectivity index (χ2n) is 14.0. The van der Waals surface area contributed by atoms with Gasteiger partial charge < -0.3 is 19.2 Å². The van der Waals surface area contributed by atoms with Gasteiger partial charge in [-0.3, -0.25) is 4.90 Å². The molecule has 216 valence electrons. The zero-order chi connectivity index (χ0) is 27.3. The van der Waals surface area contributed by atoms with Gasteiger partial charge in [0.1, 0.15) is 6.10 Å². The molecule has 0 spiro atoms. The monoisotopic (exact) mass is 540 g/mol. The Morgan fingerprint density at radius 3 is 2.56 bits per heavy atom. The molecule has 39 heavy (non-hydrogen) atoms. The fraction of sp³-hybridized carbons (Fsp3) is 0.812. The highest BCUT2D eigenvalue weighted by Crippen LogP contribution is 2.74. The number of hydrogen-bond donors (Lipinski definition) is 1. The Kier molecular flexibility index (Phi) is 7.37. The summed E-state index contributed by atoms with van der Waals surface area (Å²) >= 11 is 0. The van der Waals surface area contributed by atoms with E-state index in [9.17, 15) is 9.59 Å². The molecule has 5 aliphatic rings. The van der Waals surface area contributed by atoms with Crippen LogP contribution in [0.25, 0.3) is 0 Å². The lowest BCUT2D eigenvalue weighted by molar-refractivity contribution is -0.157. The van der Waals surface area contributed by atoms with Gasteiger partial charge in [0.15, 0.2) is 0 Å². The van der Waals surface area contributed by atoms with E-state index in [-0.39, 0.29) is 23.2 Å². The third-order valence-electron chi connectivity index (χ3n) is 12.7. The van der Waals surface area contributed by atoms with Crippen LogP contribution in [0.3, 0.4) is 0 Å². The molecule has 8 atom stereocenters. The molecular formula is C32H48N2O5. The minimum absolute atomic E-state index is 0.0380. The van der Waals surface area contributed by atoms with Crippen molar-refractivity contribution in [3.63, 3.8) is 0 Å². The number of morpholine rings is 1. The lowest BCUT2D eigenvalue weighted by Gasteiger charge is -2.64. The first-order valence-electron chi connectivity index (χ1n) is 15.6. The van der Waals surface area contributed by atoms with Gasteiger partial charge in [0, 0.05) is 32.2 Å². The highest BCUT2D eigenvalue weighted by Gasteiger charge is 2.65. The SMILES string of the molecule is CC12CCC(OC(=O)NCCN3CCOCC3)CC1CCC1C2CCC2(C)C(c3ccc(=O)oc3)CCC12C. The molecule has 4 aliphatic carbocycles. The van der Waals surface area contributed by atoms with Crippen LogP contribution in [-0.4, -0.2) is 56.5 Å². The molecule has 1 N–H and O–H groups in total. The largest absolute Gasteiger partial charge is 0.446 e. The van der Waals surface area contributed by atoms with Gasteiger partial charge in [0.25, 0.3) is 0 Å². The lowest BCUT2D eigenvalue weighted by Crippen LogP contribution is -2.57. The standard InChI is InChI=1S/C32H48N2O5/c1-30-11-8-24(39-29(36)33-14-15-34-16-18-37-19-17-34)20-23(30)5-6-27-26(30)10-13-31(2)25(9-12-32(27,31)3)22-4-7-28(35)38-21-22/h4,7,21,23-27H,5-6,8-20H2,1-3H3,(H,33,36). The topological polar surface area (TPSA) is 81.0 Å². The third-order valence-corrected chi connectivity index (χ3v) is 12.7. The van der Waals surface area contributed by atoms with Crippen molar-refractivity contribution in [2.75, 3.05) is 39.4 Å². The van der Waals surface area contributed by atoms with Crippen LogP contribution in [-0.2, 0) is 9.47 Å². The number of ether oxygens (including phenoxy) is 2. The van der Waals surface area contributed by atoms with Gasteiger partial charge >= 0.3 is 11.7 Å². The molecule has 8 unspecified atom stereocenters. The number of hydrogen-bond acceptors (Lipinski definition) is 6. The molecule has 5 fully saturated rings. The van der Waals surface area contributed by atoms with Crippen molar-refractivity contribution in [1.82, 2.24) is 10.2 Å². The maximum absolute atomic E-state index is 12.6. The highest BCUT2D eigenvalue weighted by atomic mass is 16.6. The predicted molar refractivity (Wildman–Crippen MR) is 150 cm³/mol. The molecule has 2 heterocycles. The van der Waals surface area contributed by atoms with Gasteiger partial charge in [-0.15, -0.1) is 0 Å². The Labute approximate surface area is 233 Å². The quantitative estimate of drug-likeness (QED) is 0.525. The highest BCUT2D eigenvalue weighted by molar-refractivity contribution is 5.67. The van der Waals surface area contributed by atoms with Crippen molar-refractivity contribution in [2.24, 2.45) is 34.0 Å². The Morgan fingerprint density at radius 1 is 1.00 bits per heavy atom. The molecule has 0 aromatic carbocycles. The van der Waals surface area contributed by atoms with Crippen LogP contribution in [0.1, 0.15) is 90.0 Å². The van der Waals surface area contributed by atoms with E-state index < -0.39 is 0 Å². The Bertz CT molecular complexity index is 1080. The van der Waals surface area contributed by atoms with E-state index in [1.54, 1.807) is 12.3 Å². The summed E-state index contributed by atoms with van der Waals surface area (Å²) in [6, 6.07) is 3.61. The van der Waals surface area contributed by atoms with Gasteiger partial charge in [0.05, 0.1) is 19.5 Å². The number of carbonyl (C=O) groups excluding carboxylic acids is 1. The number of carbonyl (C=O) groups is 1. The van der Waals surface area contributed by atoms with Crippen LogP contribution in [0.15, 0.2) is 27.6 Å². The first kappa shape index (κ1) is 27.3. The van der Waals surface area contributed by atoms with Crippen molar-refractivity contribution in [1.29, 1.82) is 0 Å². The molecule has 7 nitrogen and oxygen atoms in total. The maximum Gasteiger partial charge on any atom is 0.407 e. The fourth-order valence-corrected chi connectivity index (χ4v) is 10.2. The second-order valence-corrected chi connectivity index (χ2v) is 14.0. The molecule has 1 aliphatic heterocycles. The molecule has 7 heteroatoms. The normalized spacial score (nSPS) is 42.2. The number of fused-ring (bicyclic) bond motifs is 5. The third kappa shape index (κ3) is 4.75. The van der Waals surface area contributed by atoms with Gasteiger partial charge in [-0.1, -0.05) is 20.8 Å². The van der Waals surface area contributed by atoms with Crippen molar-refractivity contribution < 1.29 is 18.7 Å². The molecular weight excluding hydrogens is 492 g/mol.